The van der Waals surface area contributed by atoms with E-state index in [9.17, 15) is 13.2 Å². The van der Waals surface area contributed by atoms with Gasteiger partial charge in [-0.3, -0.25) is 4.79 Å². The number of carbonyl (C=O) groups excluding carboxylic acids is 1. The lowest BCUT2D eigenvalue weighted by Crippen LogP contribution is -2.42. The van der Waals surface area contributed by atoms with Gasteiger partial charge in [0, 0.05) is 26.2 Å². The monoisotopic (exact) mass is 431 g/mol. The number of hydrogen-bond acceptors (Lipinski definition) is 5. The van der Waals surface area contributed by atoms with E-state index in [4.69, 9.17) is 4.74 Å². The minimum atomic E-state index is -3.70. The summed E-state index contributed by atoms with van der Waals surface area (Å²) in [6.45, 7) is 3.76. The van der Waals surface area contributed by atoms with Crippen molar-refractivity contribution in [3.8, 4) is 0 Å². The van der Waals surface area contributed by atoms with Gasteiger partial charge in [-0.1, -0.05) is 12.1 Å². The van der Waals surface area contributed by atoms with Crippen LogP contribution in [0.15, 0.2) is 29.2 Å². The predicted octanol–water partition coefficient (Wildman–Crippen LogP) is 1.59. The highest BCUT2D eigenvalue weighted by molar-refractivity contribution is 7.89. The molecule has 2 saturated heterocycles. The highest BCUT2D eigenvalue weighted by atomic mass is 35.5. The van der Waals surface area contributed by atoms with Gasteiger partial charge in [0.25, 0.3) is 5.91 Å². The molecule has 28 heavy (non-hydrogen) atoms. The Labute approximate surface area is 173 Å². The molecule has 2 heterocycles. The van der Waals surface area contributed by atoms with E-state index < -0.39 is 10.0 Å². The number of piperidine rings is 1. The molecule has 0 atom stereocenters. The molecule has 1 aromatic carbocycles. The Morgan fingerprint density at radius 3 is 2.43 bits per heavy atom. The van der Waals surface area contributed by atoms with Crippen LogP contribution in [0, 0.1) is 5.92 Å². The zero-order chi connectivity index (χ0) is 19.3. The van der Waals surface area contributed by atoms with Crippen molar-refractivity contribution in [2.75, 3.05) is 53.0 Å². The van der Waals surface area contributed by atoms with E-state index in [1.807, 2.05) is 7.05 Å². The summed E-state index contributed by atoms with van der Waals surface area (Å²) in [7, 11) is -1.75. The van der Waals surface area contributed by atoms with E-state index in [1.165, 1.54) is 10.4 Å². The molecule has 2 fully saturated rings. The maximum atomic E-state index is 13.1. The number of carbonyl (C=O) groups is 1. The zero-order valence-corrected chi connectivity index (χ0v) is 17.9. The van der Waals surface area contributed by atoms with Crippen LogP contribution < -0.4 is 5.32 Å². The van der Waals surface area contributed by atoms with Crippen LogP contribution in [0.5, 0.6) is 0 Å². The van der Waals surface area contributed by atoms with Crippen LogP contribution in [-0.2, 0) is 14.8 Å². The largest absolute Gasteiger partial charge is 0.379 e. The number of nitrogens with one attached hydrogen (secondary N) is 1. The summed E-state index contributed by atoms with van der Waals surface area (Å²) in [5.41, 5.74) is 0.276. The SMILES string of the molecule is CNCCC1CCN(C(=O)c2ccccc2S(=O)(=O)N2CCOCC2)CC1.Cl. The van der Waals surface area contributed by atoms with Crippen LogP contribution >= 0.6 is 12.4 Å². The molecule has 0 aromatic heterocycles. The number of halogens is 1. The van der Waals surface area contributed by atoms with Crippen LogP contribution in [0.3, 0.4) is 0 Å². The van der Waals surface area contributed by atoms with Gasteiger partial charge < -0.3 is 15.0 Å². The molecule has 7 nitrogen and oxygen atoms in total. The summed E-state index contributed by atoms with van der Waals surface area (Å²) in [5.74, 6) is 0.434. The number of amides is 1. The fourth-order valence-electron chi connectivity index (χ4n) is 3.74. The highest BCUT2D eigenvalue weighted by Crippen LogP contribution is 2.25. The number of ether oxygens (including phenoxy) is 1. The molecule has 2 aliphatic heterocycles. The summed E-state index contributed by atoms with van der Waals surface area (Å²) in [6, 6.07) is 6.57. The van der Waals surface area contributed by atoms with Crippen molar-refractivity contribution in [2.45, 2.75) is 24.2 Å². The van der Waals surface area contributed by atoms with E-state index >= 15 is 0 Å². The van der Waals surface area contributed by atoms with Crippen LogP contribution in [0.1, 0.15) is 29.6 Å². The van der Waals surface area contributed by atoms with Crippen molar-refractivity contribution in [3.63, 3.8) is 0 Å². The molecule has 0 bridgehead atoms. The molecule has 0 unspecified atom stereocenters. The number of sulfonamides is 1. The van der Waals surface area contributed by atoms with Crippen molar-refractivity contribution >= 4 is 28.3 Å². The number of likely N-dealkylation sites (tertiary alicyclic amines) is 1. The first-order valence-electron chi connectivity index (χ1n) is 9.65. The number of hydrogen-bond donors (Lipinski definition) is 1. The van der Waals surface area contributed by atoms with Gasteiger partial charge in [-0.15, -0.1) is 12.4 Å². The number of rotatable bonds is 6. The smallest absolute Gasteiger partial charge is 0.255 e. The van der Waals surface area contributed by atoms with Gasteiger partial charge in [0.2, 0.25) is 10.0 Å². The summed E-state index contributed by atoms with van der Waals surface area (Å²) < 4.78 is 32.8. The van der Waals surface area contributed by atoms with Crippen molar-refractivity contribution < 1.29 is 17.9 Å². The Hall–Kier alpha value is -1.19. The Kier molecular flexibility index (Phi) is 8.70. The summed E-state index contributed by atoms with van der Waals surface area (Å²) in [6.07, 6.45) is 3.04. The van der Waals surface area contributed by atoms with E-state index in [0.29, 0.717) is 45.3 Å². The molecule has 2 aliphatic rings. The topological polar surface area (TPSA) is 79.0 Å². The van der Waals surface area contributed by atoms with Crippen molar-refractivity contribution in [2.24, 2.45) is 5.92 Å². The number of benzene rings is 1. The second kappa shape index (κ2) is 10.5. The van der Waals surface area contributed by atoms with Gasteiger partial charge in [0.15, 0.2) is 0 Å². The first-order valence-corrected chi connectivity index (χ1v) is 11.1. The molecule has 3 rings (SSSR count). The third kappa shape index (κ3) is 5.24. The van der Waals surface area contributed by atoms with Gasteiger partial charge in [-0.25, -0.2) is 8.42 Å². The number of morpholine rings is 1. The molecule has 0 saturated carbocycles. The third-order valence-electron chi connectivity index (χ3n) is 5.41. The van der Waals surface area contributed by atoms with Crippen LogP contribution in [0.2, 0.25) is 0 Å². The molecule has 9 heteroatoms. The third-order valence-corrected chi connectivity index (χ3v) is 7.37. The van der Waals surface area contributed by atoms with Crippen LogP contribution in [0.4, 0.5) is 0 Å². The van der Waals surface area contributed by atoms with E-state index in [-0.39, 0.29) is 28.8 Å². The predicted molar refractivity (Wildman–Crippen MR) is 110 cm³/mol. The van der Waals surface area contributed by atoms with Crippen molar-refractivity contribution in [1.29, 1.82) is 0 Å². The average molecular weight is 432 g/mol. The minimum Gasteiger partial charge on any atom is -0.379 e. The molecule has 1 amide bonds. The lowest BCUT2D eigenvalue weighted by atomic mass is 9.93. The molecule has 1 N–H and O–H groups in total. The molecule has 1 aromatic rings. The molecular formula is C19H30ClN3O4S. The fourth-order valence-corrected chi connectivity index (χ4v) is 5.33. The van der Waals surface area contributed by atoms with Gasteiger partial charge in [0.1, 0.15) is 0 Å². The van der Waals surface area contributed by atoms with E-state index in [1.54, 1.807) is 23.1 Å². The Bertz CT molecular complexity index is 745. The van der Waals surface area contributed by atoms with Crippen molar-refractivity contribution in [1.82, 2.24) is 14.5 Å². The van der Waals surface area contributed by atoms with Crippen molar-refractivity contribution in [3.05, 3.63) is 29.8 Å². The highest BCUT2D eigenvalue weighted by Gasteiger charge is 2.32. The Morgan fingerprint density at radius 1 is 1.14 bits per heavy atom. The fraction of sp³-hybridized carbons (Fsp3) is 0.632. The lowest BCUT2D eigenvalue weighted by Gasteiger charge is -2.33. The normalized spacial score (nSPS) is 19.2. The van der Waals surface area contributed by atoms with Crippen LogP contribution in [-0.4, -0.2) is 76.5 Å². The molecule has 0 aliphatic carbocycles. The second-order valence-electron chi connectivity index (χ2n) is 7.14. The zero-order valence-electron chi connectivity index (χ0n) is 16.3. The minimum absolute atomic E-state index is 0. The maximum absolute atomic E-state index is 13.1. The van der Waals surface area contributed by atoms with Gasteiger partial charge in [0.05, 0.1) is 23.7 Å². The molecular weight excluding hydrogens is 402 g/mol. The van der Waals surface area contributed by atoms with E-state index in [2.05, 4.69) is 5.32 Å². The number of nitrogens with zero attached hydrogens (tertiary/aromatic N) is 2. The Morgan fingerprint density at radius 2 is 1.79 bits per heavy atom. The average Bonchev–Trinajstić information content (AvgIpc) is 2.72. The van der Waals surface area contributed by atoms with Crippen LogP contribution in [0.25, 0.3) is 0 Å². The van der Waals surface area contributed by atoms with Gasteiger partial charge in [-0.2, -0.15) is 4.31 Å². The molecule has 158 valence electrons. The summed E-state index contributed by atoms with van der Waals surface area (Å²) in [4.78, 5) is 15.0. The molecule has 0 spiro atoms. The standard InChI is InChI=1S/C19H29N3O4S.ClH/c1-20-9-6-16-7-10-21(11-8-16)19(23)17-4-2-3-5-18(17)27(24,25)22-12-14-26-15-13-22;/h2-5,16,20H,6-15H2,1H3;1H. The van der Waals surface area contributed by atoms with Gasteiger partial charge >= 0.3 is 0 Å². The second-order valence-corrected chi connectivity index (χ2v) is 9.05. The lowest BCUT2D eigenvalue weighted by molar-refractivity contribution is 0.0680. The molecule has 0 radical (unpaired) electrons. The quantitative estimate of drug-likeness (QED) is 0.740. The summed E-state index contributed by atoms with van der Waals surface area (Å²) >= 11 is 0. The van der Waals surface area contributed by atoms with E-state index in [0.717, 1.165) is 25.8 Å². The van der Waals surface area contributed by atoms with Gasteiger partial charge in [-0.05, 0) is 50.9 Å². The maximum Gasteiger partial charge on any atom is 0.255 e. The Balaban J connectivity index is 0.00000280. The first-order chi connectivity index (χ1) is 13.0. The first kappa shape index (κ1) is 23.1. The summed E-state index contributed by atoms with van der Waals surface area (Å²) in [5, 5.41) is 3.17.